The fraction of sp³-hybridized carbons (Fsp3) is 0.727. The lowest BCUT2D eigenvalue weighted by atomic mass is 10.1. The van der Waals surface area contributed by atoms with Crippen LogP contribution in [0.2, 0.25) is 0 Å². The predicted molar refractivity (Wildman–Crippen MR) is 80.9 cm³/mol. The van der Waals surface area contributed by atoms with E-state index in [9.17, 15) is 0 Å². The van der Waals surface area contributed by atoms with E-state index in [1.165, 1.54) is 23.0 Å². The minimum absolute atomic E-state index is 0.389. The molecule has 6 heteroatoms. The quantitative estimate of drug-likeness (QED) is 0.916. The molecule has 1 aromatic heterocycles. The van der Waals surface area contributed by atoms with Crippen LogP contribution in [0.15, 0.2) is 10.7 Å². The second-order valence-corrected chi connectivity index (χ2v) is 7.37. The Morgan fingerprint density at radius 3 is 3.00 bits per heavy atom. The van der Waals surface area contributed by atoms with Crippen molar-refractivity contribution >= 4 is 39.5 Å². The molecule has 17 heavy (non-hydrogen) atoms. The molecule has 0 spiro atoms. The molecule has 1 aliphatic heterocycles. The lowest BCUT2D eigenvalue weighted by Crippen LogP contribution is -2.35. The minimum Gasteiger partial charge on any atom is -0.308 e. The molecule has 0 bridgehead atoms. The van der Waals surface area contributed by atoms with Crippen LogP contribution in [-0.4, -0.2) is 38.8 Å². The van der Waals surface area contributed by atoms with Gasteiger partial charge in [0, 0.05) is 29.6 Å². The Bertz CT molecular complexity index is 344. The van der Waals surface area contributed by atoms with Crippen LogP contribution in [0.5, 0.6) is 0 Å². The Hall–Kier alpha value is 0.350. The van der Waals surface area contributed by atoms with Crippen molar-refractivity contribution in [3.05, 3.63) is 16.4 Å². The van der Waals surface area contributed by atoms with Crippen molar-refractivity contribution < 1.29 is 0 Å². The normalized spacial score (nSPS) is 22.6. The van der Waals surface area contributed by atoms with Crippen molar-refractivity contribution in [1.82, 2.24) is 15.1 Å². The molecule has 1 aromatic rings. The van der Waals surface area contributed by atoms with Gasteiger partial charge in [-0.15, -0.1) is 0 Å². The molecule has 0 saturated carbocycles. The van der Waals surface area contributed by atoms with Crippen LogP contribution in [-0.2, 0) is 7.05 Å². The maximum atomic E-state index is 4.33. The molecule has 2 rings (SSSR count). The number of halogens is 1. The molecule has 1 fully saturated rings. The van der Waals surface area contributed by atoms with E-state index in [0.717, 1.165) is 11.0 Å². The highest BCUT2D eigenvalue weighted by molar-refractivity contribution is 9.10. The Morgan fingerprint density at radius 1 is 1.65 bits per heavy atom. The first kappa shape index (κ1) is 13.8. The first-order chi connectivity index (χ1) is 8.24. The van der Waals surface area contributed by atoms with Gasteiger partial charge in [0.1, 0.15) is 0 Å². The molecular weight excluding hydrogens is 318 g/mol. The molecule has 0 aliphatic carbocycles. The number of hydrogen-bond donors (Lipinski definition) is 1. The van der Waals surface area contributed by atoms with E-state index in [1.807, 2.05) is 17.9 Å². The third kappa shape index (κ3) is 3.22. The lowest BCUT2D eigenvalue weighted by molar-refractivity contribution is 0.507. The molecule has 1 N–H and O–H groups in total. The highest BCUT2D eigenvalue weighted by atomic mass is 79.9. The Labute approximate surface area is 120 Å². The maximum Gasteiger partial charge on any atom is 0.0704 e. The van der Waals surface area contributed by atoms with Gasteiger partial charge in [-0.05, 0) is 22.5 Å². The van der Waals surface area contributed by atoms with Gasteiger partial charge in [0.15, 0.2) is 0 Å². The number of aromatic nitrogens is 2. The molecule has 0 radical (unpaired) electrons. The van der Waals surface area contributed by atoms with E-state index in [1.54, 1.807) is 0 Å². The van der Waals surface area contributed by atoms with Gasteiger partial charge < -0.3 is 5.32 Å². The molecule has 0 amide bonds. The third-order valence-electron chi connectivity index (χ3n) is 2.87. The molecule has 0 aromatic carbocycles. The third-order valence-corrected chi connectivity index (χ3v) is 6.34. The maximum absolute atomic E-state index is 4.33. The summed E-state index contributed by atoms with van der Waals surface area (Å²) in [5.41, 5.74) is 1.27. The Kier molecular flexibility index (Phi) is 5.26. The van der Waals surface area contributed by atoms with Gasteiger partial charge in [-0.3, -0.25) is 4.68 Å². The van der Waals surface area contributed by atoms with Crippen molar-refractivity contribution in [2.45, 2.75) is 18.2 Å². The van der Waals surface area contributed by atoms with Crippen LogP contribution in [0.3, 0.4) is 0 Å². The van der Waals surface area contributed by atoms with E-state index < -0.39 is 0 Å². The van der Waals surface area contributed by atoms with Crippen LogP contribution in [0.4, 0.5) is 0 Å². The largest absolute Gasteiger partial charge is 0.308 e. The van der Waals surface area contributed by atoms with Crippen LogP contribution in [0.1, 0.15) is 18.7 Å². The van der Waals surface area contributed by atoms with Crippen LogP contribution in [0.25, 0.3) is 0 Å². The van der Waals surface area contributed by atoms with E-state index in [0.29, 0.717) is 11.3 Å². The summed E-state index contributed by atoms with van der Waals surface area (Å²) in [6.45, 7) is 3.15. The summed E-state index contributed by atoms with van der Waals surface area (Å²) in [5, 5.41) is 8.58. The van der Waals surface area contributed by atoms with E-state index in [4.69, 9.17) is 0 Å². The summed E-state index contributed by atoms with van der Waals surface area (Å²) in [6, 6.07) is 0.389. The fourth-order valence-corrected chi connectivity index (χ4v) is 5.53. The number of nitrogens with zero attached hydrogens (tertiary/aromatic N) is 2. The lowest BCUT2D eigenvalue weighted by Gasteiger charge is -2.30. The van der Waals surface area contributed by atoms with Crippen LogP contribution < -0.4 is 5.32 Å². The van der Waals surface area contributed by atoms with Gasteiger partial charge >= 0.3 is 0 Å². The van der Waals surface area contributed by atoms with E-state index in [2.05, 4.69) is 56.8 Å². The molecule has 3 nitrogen and oxygen atoms in total. The Balaban J connectivity index is 2.21. The number of aryl methyl sites for hydroxylation is 1. The van der Waals surface area contributed by atoms with Crippen LogP contribution in [0, 0.1) is 0 Å². The summed E-state index contributed by atoms with van der Waals surface area (Å²) in [5.74, 6) is 3.76. The SMILES string of the molecule is CCNC(c1c(Br)cnn1C)C1CSCCS1. The van der Waals surface area contributed by atoms with Gasteiger partial charge in [0.2, 0.25) is 0 Å². The van der Waals surface area contributed by atoms with Crippen molar-refractivity contribution in [2.24, 2.45) is 7.05 Å². The molecule has 1 aliphatic rings. The molecule has 2 heterocycles. The zero-order chi connectivity index (χ0) is 12.3. The van der Waals surface area contributed by atoms with Crippen molar-refractivity contribution in [3.8, 4) is 0 Å². The highest BCUT2D eigenvalue weighted by Gasteiger charge is 2.29. The van der Waals surface area contributed by atoms with Gasteiger partial charge in [-0.25, -0.2) is 0 Å². The van der Waals surface area contributed by atoms with E-state index in [-0.39, 0.29) is 0 Å². The number of thioether (sulfide) groups is 2. The van der Waals surface area contributed by atoms with Gasteiger partial charge in [-0.1, -0.05) is 6.92 Å². The Morgan fingerprint density at radius 2 is 2.47 bits per heavy atom. The number of rotatable bonds is 4. The molecule has 1 saturated heterocycles. The monoisotopic (exact) mass is 335 g/mol. The minimum atomic E-state index is 0.389. The molecule has 2 atom stereocenters. The zero-order valence-electron chi connectivity index (χ0n) is 10.1. The number of hydrogen-bond acceptors (Lipinski definition) is 4. The van der Waals surface area contributed by atoms with Gasteiger partial charge in [0.25, 0.3) is 0 Å². The average molecular weight is 336 g/mol. The van der Waals surface area contributed by atoms with Crippen molar-refractivity contribution in [1.29, 1.82) is 0 Å². The smallest absolute Gasteiger partial charge is 0.0704 e. The summed E-state index contributed by atoms with van der Waals surface area (Å²) >= 11 is 7.76. The first-order valence-corrected chi connectivity index (χ1v) is 8.83. The fourth-order valence-electron chi connectivity index (χ4n) is 2.09. The van der Waals surface area contributed by atoms with Crippen LogP contribution >= 0.6 is 39.5 Å². The standard InChI is InChI=1S/C11H18BrN3S2/c1-3-13-10(9-7-16-4-5-17-9)11-8(12)6-14-15(11)2/h6,9-10,13H,3-5,7H2,1-2H3. The molecule has 2 unspecified atom stereocenters. The van der Waals surface area contributed by atoms with Gasteiger partial charge in [-0.2, -0.15) is 28.6 Å². The zero-order valence-corrected chi connectivity index (χ0v) is 13.4. The molecular formula is C11H18BrN3S2. The summed E-state index contributed by atoms with van der Waals surface area (Å²) in [6.07, 6.45) is 1.89. The summed E-state index contributed by atoms with van der Waals surface area (Å²) < 4.78 is 3.10. The predicted octanol–water partition coefficient (Wildman–Crippen LogP) is 2.68. The summed E-state index contributed by atoms with van der Waals surface area (Å²) in [4.78, 5) is 0. The van der Waals surface area contributed by atoms with Crippen molar-refractivity contribution in [2.75, 3.05) is 23.8 Å². The summed E-state index contributed by atoms with van der Waals surface area (Å²) in [7, 11) is 2.02. The van der Waals surface area contributed by atoms with E-state index >= 15 is 0 Å². The highest BCUT2D eigenvalue weighted by Crippen LogP contribution is 2.35. The topological polar surface area (TPSA) is 29.9 Å². The first-order valence-electron chi connectivity index (χ1n) is 5.84. The van der Waals surface area contributed by atoms with Crippen molar-refractivity contribution in [3.63, 3.8) is 0 Å². The average Bonchev–Trinajstić information content (AvgIpc) is 2.68. The molecule has 96 valence electrons. The second-order valence-electron chi connectivity index (χ2n) is 4.02. The van der Waals surface area contributed by atoms with Gasteiger partial charge in [0.05, 0.1) is 22.4 Å². The second kappa shape index (κ2) is 6.50. The number of nitrogens with one attached hydrogen (secondary N) is 1.